The van der Waals surface area contributed by atoms with Crippen LogP contribution in [-0.2, 0) is 15.0 Å². The lowest BCUT2D eigenvalue weighted by Gasteiger charge is -2.22. The van der Waals surface area contributed by atoms with Crippen molar-refractivity contribution in [2.45, 2.75) is 33.1 Å². The Kier molecular flexibility index (Phi) is 6.94. The van der Waals surface area contributed by atoms with Gasteiger partial charge in [-0.2, -0.15) is 0 Å². The summed E-state index contributed by atoms with van der Waals surface area (Å²) in [5, 5.41) is 3.14. The molecule has 3 aromatic rings. The predicted octanol–water partition coefficient (Wildman–Crippen LogP) is 6.60. The number of nitrogens with one attached hydrogen (secondary N) is 1. The molecule has 0 atom stereocenters. The van der Waals surface area contributed by atoms with E-state index in [4.69, 9.17) is 27.9 Å². The van der Waals surface area contributed by atoms with Crippen molar-refractivity contribution in [3.05, 3.63) is 99.2 Å². The molecule has 8 heteroatoms. The number of benzene rings is 3. The van der Waals surface area contributed by atoms with E-state index in [-0.39, 0.29) is 16.1 Å². The molecule has 1 aliphatic rings. The van der Waals surface area contributed by atoms with Crippen molar-refractivity contribution in [1.29, 1.82) is 0 Å². The first-order valence-electron chi connectivity index (χ1n) is 11.2. The third-order valence-corrected chi connectivity index (χ3v) is 6.25. The molecule has 3 aromatic carbocycles. The Balaban J connectivity index is 1.50. The summed E-state index contributed by atoms with van der Waals surface area (Å²) < 4.78 is 5.70. The maximum Gasteiger partial charge on any atom is 0.343 e. The molecule has 184 valence electrons. The van der Waals surface area contributed by atoms with Crippen molar-refractivity contribution >= 4 is 52.4 Å². The highest BCUT2D eigenvalue weighted by Gasteiger charge is 2.39. The van der Waals surface area contributed by atoms with Crippen LogP contribution in [0.25, 0.3) is 0 Å². The van der Waals surface area contributed by atoms with Gasteiger partial charge in [-0.15, -0.1) is 0 Å². The second kappa shape index (κ2) is 9.80. The van der Waals surface area contributed by atoms with E-state index >= 15 is 0 Å². The van der Waals surface area contributed by atoms with Gasteiger partial charge in [0.05, 0.1) is 11.3 Å². The summed E-state index contributed by atoms with van der Waals surface area (Å²) in [4.78, 5) is 39.3. The summed E-state index contributed by atoms with van der Waals surface area (Å²) in [6.07, 6.45) is 0. The number of rotatable bonds is 5. The molecule has 2 amide bonds. The number of halogens is 2. The Morgan fingerprint density at radius 2 is 1.53 bits per heavy atom. The number of imide groups is 1. The third kappa shape index (κ3) is 5.15. The average molecular weight is 523 g/mol. The quantitative estimate of drug-likeness (QED) is 0.232. The number of amides is 2. The van der Waals surface area contributed by atoms with Crippen LogP contribution in [0.4, 0.5) is 11.4 Å². The van der Waals surface area contributed by atoms with Crippen molar-refractivity contribution in [3.63, 3.8) is 0 Å². The van der Waals surface area contributed by atoms with E-state index in [9.17, 15) is 14.4 Å². The number of carbonyl (C=O) groups is 3. The molecule has 0 saturated carbocycles. The van der Waals surface area contributed by atoms with Crippen LogP contribution in [0.1, 0.15) is 42.3 Å². The lowest BCUT2D eigenvalue weighted by molar-refractivity contribution is -0.120. The molecule has 36 heavy (non-hydrogen) atoms. The Bertz CT molecular complexity index is 1390. The third-order valence-electron chi connectivity index (χ3n) is 5.65. The predicted molar refractivity (Wildman–Crippen MR) is 142 cm³/mol. The molecule has 0 spiro atoms. The zero-order valence-corrected chi connectivity index (χ0v) is 21.7. The lowest BCUT2D eigenvalue weighted by atomic mass is 9.85. The zero-order chi connectivity index (χ0) is 26.2. The fraction of sp³-hybridized carbons (Fsp3) is 0.179. The molecule has 0 bridgehead atoms. The molecule has 6 nitrogen and oxygen atoms in total. The van der Waals surface area contributed by atoms with Crippen molar-refractivity contribution in [1.82, 2.24) is 0 Å². The Morgan fingerprint density at radius 3 is 2.14 bits per heavy atom. The number of hydrogen-bond donors (Lipinski definition) is 1. The highest BCUT2D eigenvalue weighted by Crippen LogP contribution is 2.33. The molecular formula is C28H24Cl2N2O4. The van der Waals surface area contributed by atoms with Crippen molar-refractivity contribution < 1.29 is 19.1 Å². The zero-order valence-electron chi connectivity index (χ0n) is 20.2. The molecule has 0 saturated heterocycles. The highest BCUT2D eigenvalue weighted by molar-refractivity contribution is 6.53. The molecule has 0 unspecified atom stereocenters. The lowest BCUT2D eigenvalue weighted by Crippen LogP contribution is -2.32. The highest BCUT2D eigenvalue weighted by atomic mass is 35.5. The van der Waals surface area contributed by atoms with Crippen LogP contribution in [0.5, 0.6) is 5.75 Å². The Hall–Kier alpha value is -3.61. The van der Waals surface area contributed by atoms with E-state index in [2.05, 4.69) is 26.1 Å². The molecule has 0 fully saturated rings. The fourth-order valence-electron chi connectivity index (χ4n) is 3.75. The first-order valence-corrected chi connectivity index (χ1v) is 12.0. The van der Waals surface area contributed by atoms with Gasteiger partial charge in [-0.3, -0.25) is 9.59 Å². The number of carbonyl (C=O) groups excluding carboxylic acids is 3. The van der Waals surface area contributed by atoms with E-state index in [1.54, 1.807) is 54.6 Å². The average Bonchev–Trinajstić information content (AvgIpc) is 3.03. The molecule has 0 aliphatic carbocycles. The van der Waals surface area contributed by atoms with Gasteiger partial charge in [0, 0.05) is 16.3 Å². The monoisotopic (exact) mass is 522 g/mol. The second-order valence-corrected chi connectivity index (χ2v) is 10.3. The Labute approximate surface area is 219 Å². The normalized spacial score (nSPS) is 13.9. The van der Waals surface area contributed by atoms with Gasteiger partial charge in [0.25, 0.3) is 11.8 Å². The fourth-order valence-corrected chi connectivity index (χ4v) is 4.09. The van der Waals surface area contributed by atoms with Crippen LogP contribution >= 0.6 is 23.2 Å². The van der Waals surface area contributed by atoms with Crippen LogP contribution in [0.2, 0.25) is 5.02 Å². The van der Waals surface area contributed by atoms with Gasteiger partial charge in [-0.1, -0.05) is 61.7 Å². The van der Waals surface area contributed by atoms with Crippen LogP contribution in [0, 0.1) is 6.92 Å². The maximum atomic E-state index is 12.9. The van der Waals surface area contributed by atoms with Gasteiger partial charge < -0.3 is 10.1 Å². The van der Waals surface area contributed by atoms with Crippen molar-refractivity contribution in [2.75, 3.05) is 10.2 Å². The first-order chi connectivity index (χ1) is 17.0. The van der Waals surface area contributed by atoms with E-state index in [0.717, 1.165) is 16.0 Å². The van der Waals surface area contributed by atoms with Crippen LogP contribution in [0.3, 0.4) is 0 Å². The molecular weight excluding hydrogens is 499 g/mol. The van der Waals surface area contributed by atoms with Crippen LogP contribution < -0.4 is 15.0 Å². The number of anilines is 2. The molecule has 1 aliphatic heterocycles. The summed E-state index contributed by atoms with van der Waals surface area (Å²) in [7, 11) is 0. The number of hydrogen-bond acceptors (Lipinski definition) is 5. The summed E-state index contributed by atoms with van der Waals surface area (Å²) in [6.45, 7) is 8.17. The second-order valence-electron chi connectivity index (χ2n) is 9.45. The van der Waals surface area contributed by atoms with E-state index in [1.165, 1.54) is 0 Å². The SMILES string of the molecule is Cc1ccc(OC(=O)c2ccc(NC3=C(Cl)C(=O)N(c4ccc(Cl)cc4)C3=O)cc2)c(C(C)(C)C)c1. The van der Waals surface area contributed by atoms with Gasteiger partial charge in [-0.05, 0) is 66.9 Å². The molecule has 4 rings (SSSR count). The van der Waals surface area contributed by atoms with E-state index in [1.807, 2.05) is 19.1 Å². The molecule has 1 heterocycles. The van der Waals surface area contributed by atoms with Crippen molar-refractivity contribution in [2.24, 2.45) is 0 Å². The first kappa shape index (κ1) is 25.5. The number of ether oxygens (including phenoxy) is 1. The number of nitrogens with zero attached hydrogens (tertiary/aromatic N) is 1. The maximum absolute atomic E-state index is 12.9. The summed E-state index contributed by atoms with van der Waals surface area (Å²) in [5.74, 6) is -1.23. The summed E-state index contributed by atoms with van der Waals surface area (Å²) in [5.41, 5.74) is 2.92. The standard InChI is InChI=1S/C28H24Cl2N2O4/c1-16-5-14-22(21(15-16)28(2,3)4)36-27(35)17-6-10-19(11-7-17)31-24-23(30)25(33)32(26(24)34)20-12-8-18(29)9-13-20/h5-15,31H,1-4H3. The minimum atomic E-state index is -0.639. The van der Waals surface area contributed by atoms with Gasteiger partial charge in [0.1, 0.15) is 16.5 Å². The smallest absolute Gasteiger partial charge is 0.343 e. The molecule has 1 N–H and O–H groups in total. The van der Waals surface area contributed by atoms with E-state index < -0.39 is 17.8 Å². The summed E-state index contributed by atoms with van der Waals surface area (Å²) >= 11 is 12.1. The van der Waals surface area contributed by atoms with Gasteiger partial charge >= 0.3 is 5.97 Å². The number of aryl methyl sites for hydroxylation is 1. The van der Waals surface area contributed by atoms with Crippen LogP contribution in [-0.4, -0.2) is 17.8 Å². The molecule has 0 aromatic heterocycles. The largest absolute Gasteiger partial charge is 0.423 e. The van der Waals surface area contributed by atoms with Gasteiger partial charge in [0.15, 0.2) is 0 Å². The topological polar surface area (TPSA) is 75.7 Å². The van der Waals surface area contributed by atoms with Crippen LogP contribution in [0.15, 0.2) is 77.5 Å². The van der Waals surface area contributed by atoms with E-state index in [0.29, 0.717) is 27.7 Å². The summed E-state index contributed by atoms with van der Waals surface area (Å²) in [6, 6.07) is 18.3. The van der Waals surface area contributed by atoms with Crippen molar-refractivity contribution in [3.8, 4) is 5.75 Å². The molecule has 0 radical (unpaired) electrons. The van der Waals surface area contributed by atoms with Gasteiger partial charge in [-0.25, -0.2) is 9.69 Å². The Morgan fingerprint density at radius 1 is 0.889 bits per heavy atom. The van der Waals surface area contributed by atoms with Gasteiger partial charge in [0.2, 0.25) is 0 Å². The minimum Gasteiger partial charge on any atom is -0.423 e. The number of esters is 1. The minimum absolute atomic E-state index is 0.0542.